The third kappa shape index (κ3) is 3.76. The predicted molar refractivity (Wildman–Crippen MR) is 84.9 cm³/mol. The van der Waals surface area contributed by atoms with Crippen LogP contribution in [-0.2, 0) is 10.1 Å². The third-order valence-corrected chi connectivity index (χ3v) is 4.76. The van der Waals surface area contributed by atoms with E-state index < -0.39 is 50.0 Å². The van der Waals surface area contributed by atoms with E-state index in [-0.39, 0.29) is 11.3 Å². The summed E-state index contributed by atoms with van der Waals surface area (Å²) in [6, 6.07) is 3.73. The van der Waals surface area contributed by atoms with Crippen molar-refractivity contribution in [2.45, 2.75) is 4.90 Å². The molecule has 0 unspecified atom stereocenters. The van der Waals surface area contributed by atoms with E-state index in [1.54, 1.807) is 0 Å². The Morgan fingerprint density at radius 3 is 2.08 bits per heavy atom. The van der Waals surface area contributed by atoms with Gasteiger partial charge in [-0.3, -0.25) is 0 Å². The molecule has 0 saturated heterocycles. The lowest BCUT2D eigenvalue weighted by atomic mass is 10.2. The highest BCUT2D eigenvalue weighted by Crippen LogP contribution is 2.33. The molecule has 2 aromatic rings. The molecule has 0 heterocycles. The molecule has 0 fully saturated rings. The minimum atomic E-state index is -5.86. The highest BCUT2D eigenvalue weighted by molar-refractivity contribution is 14.1. The molecule has 0 atom stereocenters. The molecule has 0 bridgehead atoms. The molecule has 26 heavy (non-hydrogen) atoms. The Hall–Kier alpha value is -1.93. The maximum absolute atomic E-state index is 13.8. The number of benzene rings is 2. The van der Waals surface area contributed by atoms with Gasteiger partial charge in [0.25, 0.3) is 0 Å². The maximum atomic E-state index is 13.8. The monoisotopic (exact) mass is 505 g/mol. The Morgan fingerprint density at radius 2 is 1.62 bits per heavy atom. The number of ether oxygens (including phenoxy) is 2. The fourth-order valence-corrected chi connectivity index (χ4v) is 3.01. The summed E-state index contributed by atoms with van der Waals surface area (Å²) >= 11 is 1.87. The van der Waals surface area contributed by atoms with Gasteiger partial charge < -0.3 is 14.0 Å². The van der Waals surface area contributed by atoms with Crippen molar-refractivity contribution in [3.05, 3.63) is 50.6 Å². The first kappa shape index (κ1) is 20.4. The van der Waals surface area contributed by atoms with Gasteiger partial charge in [0.15, 0.2) is 11.6 Å². The van der Waals surface area contributed by atoms with Crippen molar-refractivity contribution < 1.29 is 44.8 Å². The Balaban J connectivity index is 2.52. The molecule has 0 aliphatic heterocycles. The summed E-state index contributed by atoms with van der Waals surface area (Å²) in [5.41, 5.74) is -0.276. The third-order valence-electron chi connectivity index (χ3n) is 3.01. The van der Waals surface area contributed by atoms with Crippen LogP contribution in [0.1, 0.15) is 10.4 Å². The normalized spacial score (nSPS) is 11.3. The molecule has 0 aliphatic carbocycles. The molecule has 0 saturated carbocycles. The number of halogens is 5. The molecule has 0 radical (unpaired) electrons. The van der Waals surface area contributed by atoms with Crippen LogP contribution in [0.3, 0.4) is 0 Å². The summed E-state index contributed by atoms with van der Waals surface area (Å²) in [5, 5.41) is 0. The Morgan fingerprint density at radius 1 is 1.08 bits per heavy atom. The van der Waals surface area contributed by atoms with Crippen LogP contribution in [0.4, 0.5) is 17.6 Å². The van der Waals surface area contributed by atoms with Crippen molar-refractivity contribution >= 4 is 38.7 Å². The molecule has 0 aliphatic rings. The van der Waals surface area contributed by atoms with Crippen LogP contribution in [0.5, 0.6) is 11.5 Å². The van der Waals surface area contributed by atoms with Crippen LogP contribution in [0, 0.1) is 26.8 Å². The topological polar surface area (TPSA) is 92.7 Å². The number of hydrogen-bond acceptors (Lipinski definition) is 6. The van der Waals surface area contributed by atoms with Crippen molar-refractivity contribution in [3.8, 4) is 11.5 Å². The number of hydrogen-bond donors (Lipinski definition) is 0. The van der Waals surface area contributed by atoms with Crippen molar-refractivity contribution in [1.82, 2.24) is 0 Å². The number of rotatable bonds is 4. The lowest BCUT2D eigenvalue weighted by Crippen LogP contribution is -2.16. The second-order valence-electron chi connectivity index (χ2n) is 4.61. The van der Waals surface area contributed by atoms with Gasteiger partial charge in [0.2, 0.25) is 17.4 Å². The van der Waals surface area contributed by atoms with Crippen molar-refractivity contribution in [1.29, 1.82) is 0 Å². The van der Waals surface area contributed by atoms with E-state index in [2.05, 4.69) is 4.74 Å². The molecule has 0 aromatic heterocycles. The quantitative estimate of drug-likeness (QED) is 0.159. The van der Waals surface area contributed by atoms with Gasteiger partial charge >= 0.3 is 5.97 Å². The largest absolute Gasteiger partial charge is 0.744 e. The predicted octanol–water partition coefficient (Wildman–Crippen LogP) is 2.98. The van der Waals surface area contributed by atoms with Gasteiger partial charge in [-0.25, -0.2) is 22.0 Å². The highest BCUT2D eigenvalue weighted by atomic mass is 127. The average molecular weight is 505 g/mol. The van der Waals surface area contributed by atoms with E-state index in [1.807, 2.05) is 22.6 Å². The zero-order valence-corrected chi connectivity index (χ0v) is 15.5. The molecule has 0 amide bonds. The van der Waals surface area contributed by atoms with Crippen molar-refractivity contribution in [3.63, 3.8) is 0 Å². The van der Waals surface area contributed by atoms with E-state index in [9.17, 15) is 35.3 Å². The lowest BCUT2D eigenvalue weighted by molar-refractivity contribution is 0.0716. The molecular formula is C14H6F4IO6S-. The Kier molecular flexibility index (Phi) is 5.77. The molecule has 2 aromatic carbocycles. The van der Waals surface area contributed by atoms with Gasteiger partial charge in [0, 0.05) is 0 Å². The van der Waals surface area contributed by atoms with Gasteiger partial charge in [-0.15, -0.1) is 0 Å². The number of carbonyl (C=O) groups is 1. The summed E-state index contributed by atoms with van der Waals surface area (Å²) < 4.78 is 97.0. The minimum absolute atomic E-state index is 0.214. The van der Waals surface area contributed by atoms with Crippen LogP contribution < -0.4 is 9.47 Å². The van der Waals surface area contributed by atoms with E-state index in [1.165, 1.54) is 19.2 Å². The van der Waals surface area contributed by atoms with E-state index in [0.29, 0.717) is 3.57 Å². The van der Waals surface area contributed by atoms with Crippen LogP contribution >= 0.6 is 22.6 Å². The first-order chi connectivity index (χ1) is 12.0. The Labute approximate surface area is 157 Å². The summed E-state index contributed by atoms with van der Waals surface area (Å²) in [5.74, 6) is -12.7. The zero-order valence-electron chi connectivity index (χ0n) is 12.5. The van der Waals surface area contributed by atoms with Crippen molar-refractivity contribution in [2.24, 2.45) is 0 Å². The summed E-state index contributed by atoms with van der Waals surface area (Å²) in [6.45, 7) is 0. The molecule has 2 rings (SSSR count). The highest BCUT2D eigenvalue weighted by Gasteiger charge is 2.31. The summed E-state index contributed by atoms with van der Waals surface area (Å²) in [7, 11) is -4.57. The van der Waals surface area contributed by atoms with Gasteiger partial charge in [-0.1, -0.05) is 0 Å². The summed E-state index contributed by atoms with van der Waals surface area (Å²) in [4.78, 5) is 9.62. The zero-order chi connectivity index (χ0) is 19.8. The molecule has 12 heteroatoms. The minimum Gasteiger partial charge on any atom is -0.744 e. The second-order valence-corrected chi connectivity index (χ2v) is 7.09. The van der Waals surface area contributed by atoms with Crippen LogP contribution in [0.25, 0.3) is 0 Å². The van der Waals surface area contributed by atoms with Crippen LogP contribution in [-0.4, -0.2) is 26.0 Å². The first-order valence-corrected chi connectivity index (χ1v) is 8.85. The van der Waals surface area contributed by atoms with Gasteiger partial charge in [-0.2, -0.15) is 8.78 Å². The average Bonchev–Trinajstić information content (AvgIpc) is 2.56. The van der Waals surface area contributed by atoms with Gasteiger partial charge in [0.05, 0.1) is 16.2 Å². The molecule has 140 valence electrons. The SMILES string of the molecule is COc1cc(C(=O)Oc2c(F)c(F)c(S(=O)(=O)[O-])c(F)c2F)ccc1I. The molecule has 6 nitrogen and oxygen atoms in total. The molecule has 0 N–H and O–H groups in total. The van der Waals surface area contributed by atoms with Gasteiger partial charge in [0.1, 0.15) is 20.8 Å². The lowest BCUT2D eigenvalue weighted by Gasteiger charge is -2.14. The number of carbonyl (C=O) groups excluding carboxylic acids is 1. The molecule has 0 spiro atoms. The summed E-state index contributed by atoms with van der Waals surface area (Å²) in [6.07, 6.45) is 0. The fraction of sp³-hybridized carbons (Fsp3) is 0.0714. The van der Waals surface area contributed by atoms with E-state index in [4.69, 9.17) is 4.74 Å². The van der Waals surface area contributed by atoms with Crippen molar-refractivity contribution in [2.75, 3.05) is 7.11 Å². The van der Waals surface area contributed by atoms with E-state index in [0.717, 1.165) is 6.07 Å². The fourth-order valence-electron chi connectivity index (χ4n) is 1.84. The Bertz CT molecular complexity index is 980. The van der Waals surface area contributed by atoms with Crippen LogP contribution in [0.2, 0.25) is 0 Å². The van der Waals surface area contributed by atoms with Gasteiger partial charge in [-0.05, 0) is 40.8 Å². The van der Waals surface area contributed by atoms with E-state index >= 15 is 0 Å². The number of esters is 1. The smallest absolute Gasteiger partial charge is 0.343 e. The maximum Gasteiger partial charge on any atom is 0.343 e. The number of methoxy groups -OCH3 is 1. The molecular weight excluding hydrogens is 499 g/mol. The second kappa shape index (κ2) is 7.36. The standard InChI is InChI=1S/C14H7F4IO6S/c1-24-7-4-5(2-3-6(7)19)14(20)25-12-8(15)10(17)13(26(21,22)23)11(18)9(12)16/h2-4H,1H3,(H,21,22,23)/p-1. The first-order valence-electron chi connectivity index (χ1n) is 6.36. The van der Waals surface area contributed by atoms with Crippen LogP contribution in [0.15, 0.2) is 23.1 Å².